The summed E-state index contributed by atoms with van der Waals surface area (Å²) in [7, 11) is 3.05. The van der Waals surface area contributed by atoms with Crippen LogP contribution >= 0.6 is 0 Å². The van der Waals surface area contributed by atoms with Crippen molar-refractivity contribution in [1.82, 2.24) is 19.6 Å². The molecule has 3 rings (SSSR count). The van der Waals surface area contributed by atoms with Gasteiger partial charge in [0.05, 0.1) is 25.0 Å². The fourth-order valence-electron chi connectivity index (χ4n) is 2.47. The SMILES string of the molecule is CNc1nc(-c2cnc3cc(OC)c(C(C)O)nn23)c(F)cc1C#N. The fraction of sp³-hybridized carbons (Fsp3) is 0.250. The molecule has 0 aliphatic rings. The minimum absolute atomic E-state index is 0.00920. The van der Waals surface area contributed by atoms with Crippen molar-refractivity contribution in [3.05, 3.63) is 35.4 Å². The summed E-state index contributed by atoms with van der Waals surface area (Å²) >= 11 is 0. The van der Waals surface area contributed by atoms with Crippen molar-refractivity contribution in [3.8, 4) is 23.2 Å². The molecule has 0 saturated heterocycles. The van der Waals surface area contributed by atoms with Crippen LogP contribution in [-0.4, -0.2) is 38.8 Å². The molecule has 3 aromatic heterocycles. The lowest BCUT2D eigenvalue weighted by Crippen LogP contribution is -2.07. The van der Waals surface area contributed by atoms with E-state index in [1.165, 1.54) is 17.8 Å². The second-order valence-electron chi connectivity index (χ2n) is 5.26. The van der Waals surface area contributed by atoms with Crippen molar-refractivity contribution in [2.24, 2.45) is 0 Å². The number of fused-ring (bicyclic) bond motifs is 1. The highest BCUT2D eigenvalue weighted by atomic mass is 19.1. The maximum absolute atomic E-state index is 14.5. The van der Waals surface area contributed by atoms with E-state index in [4.69, 9.17) is 10.00 Å². The summed E-state index contributed by atoms with van der Waals surface area (Å²) in [6, 6.07) is 4.58. The fourth-order valence-corrected chi connectivity index (χ4v) is 2.47. The normalized spacial score (nSPS) is 12.0. The number of hydrogen-bond donors (Lipinski definition) is 2. The van der Waals surface area contributed by atoms with Crippen LogP contribution in [0.15, 0.2) is 18.3 Å². The standard InChI is InChI=1S/C16H15FN6O2/c1-8(24)14-12(25-3)5-13-20-7-11(23(13)22-14)15-10(17)4-9(6-18)16(19-2)21-15/h4-5,7-8,24H,1-3H3,(H,19,21). The Bertz CT molecular complexity index is 992. The first kappa shape index (κ1) is 16.6. The van der Waals surface area contributed by atoms with E-state index in [0.29, 0.717) is 11.4 Å². The third kappa shape index (κ3) is 2.72. The molecule has 1 atom stereocenters. The van der Waals surface area contributed by atoms with Crippen LogP contribution in [0.3, 0.4) is 0 Å². The highest BCUT2D eigenvalue weighted by molar-refractivity contribution is 5.65. The first-order valence-electron chi connectivity index (χ1n) is 7.39. The summed E-state index contributed by atoms with van der Waals surface area (Å²) in [4.78, 5) is 8.36. The Morgan fingerprint density at radius 3 is 2.80 bits per heavy atom. The van der Waals surface area contributed by atoms with Gasteiger partial charge in [0, 0.05) is 13.1 Å². The molecule has 0 bridgehead atoms. The zero-order valence-corrected chi connectivity index (χ0v) is 13.8. The first-order valence-corrected chi connectivity index (χ1v) is 7.39. The Labute approximate surface area is 142 Å². The number of imidazole rings is 1. The second kappa shape index (κ2) is 6.33. The minimum Gasteiger partial charge on any atom is -0.495 e. The van der Waals surface area contributed by atoms with E-state index >= 15 is 0 Å². The average Bonchev–Trinajstić information content (AvgIpc) is 3.02. The van der Waals surface area contributed by atoms with Crippen LogP contribution in [0.2, 0.25) is 0 Å². The lowest BCUT2D eigenvalue weighted by atomic mass is 10.2. The van der Waals surface area contributed by atoms with Crippen LogP contribution in [0.25, 0.3) is 17.0 Å². The summed E-state index contributed by atoms with van der Waals surface area (Å²) in [5.41, 5.74) is 1.07. The van der Waals surface area contributed by atoms with E-state index in [-0.39, 0.29) is 28.5 Å². The van der Waals surface area contributed by atoms with Crippen molar-refractivity contribution in [1.29, 1.82) is 5.26 Å². The highest BCUT2D eigenvalue weighted by Crippen LogP contribution is 2.29. The van der Waals surface area contributed by atoms with E-state index in [0.717, 1.165) is 6.07 Å². The van der Waals surface area contributed by atoms with Gasteiger partial charge >= 0.3 is 0 Å². The Balaban J connectivity index is 2.27. The molecule has 3 heterocycles. The number of aliphatic hydroxyl groups excluding tert-OH is 1. The van der Waals surface area contributed by atoms with Crippen molar-refractivity contribution < 1.29 is 14.2 Å². The molecule has 0 aromatic carbocycles. The van der Waals surface area contributed by atoms with Crippen LogP contribution in [0, 0.1) is 17.1 Å². The number of hydrogen-bond acceptors (Lipinski definition) is 7. The van der Waals surface area contributed by atoms with Gasteiger partial charge in [-0.3, -0.25) is 0 Å². The molecule has 3 aromatic rings. The van der Waals surface area contributed by atoms with Gasteiger partial charge in [-0.25, -0.2) is 18.9 Å². The number of aliphatic hydroxyl groups is 1. The summed E-state index contributed by atoms with van der Waals surface area (Å²) in [5, 5.41) is 26.0. The van der Waals surface area contributed by atoms with Crippen LogP contribution in [0.5, 0.6) is 5.75 Å². The van der Waals surface area contributed by atoms with E-state index in [1.54, 1.807) is 20.0 Å². The number of nitrogens with one attached hydrogen (secondary N) is 1. The van der Waals surface area contributed by atoms with E-state index < -0.39 is 11.9 Å². The van der Waals surface area contributed by atoms with Crippen LogP contribution in [0.4, 0.5) is 10.2 Å². The summed E-state index contributed by atoms with van der Waals surface area (Å²) in [5.74, 6) is -0.0458. The van der Waals surface area contributed by atoms with Gasteiger partial charge in [0.25, 0.3) is 0 Å². The zero-order chi connectivity index (χ0) is 18.1. The lowest BCUT2D eigenvalue weighted by molar-refractivity contribution is 0.187. The van der Waals surface area contributed by atoms with E-state index in [2.05, 4.69) is 20.4 Å². The maximum atomic E-state index is 14.5. The summed E-state index contributed by atoms with van der Waals surface area (Å²) in [6.07, 6.45) is 0.533. The van der Waals surface area contributed by atoms with Crippen molar-refractivity contribution in [2.45, 2.75) is 13.0 Å². The van der Waals surface area contributed by atoms with Crippen LogP contribution in [0.1, 0.15) is 24.3 Å². The summed E-state index contributed by atoms with van der Waals surface area (Å²) < 4.78 is 21.0. The molecule has 8 nitrogen and oxygen atoms in total. The molecule has 9 heteroatoms. The average molecular weight is 342 g/mol. The lowest BCUT2D eigenvalue weighted by Gasteiger charge is -2.11. The number of halogens is 1. The topological polar surface area (TPSA) is 108 Å². The molecule has 0 radical (unpaired) electrons. The van der Waals surface area contributed by atoms with Gasteiger partial charge in [-0.1, -0.05) is 0 Å². The van der Waals surface area contributed by atoms with Crippen LogP contribution in [-0.2, 0) is 0 Å². The van der Waals surface area contributed by atoms with E-state index in [1.807, 2.05) is 6.07 Å². The Kier molecular flexibility index (Phi) is 4.21. The number of nitriles is 1. The molecule has 0 fully saturated rings. The molecule has 25 heavy (non-hydrogen) atoms. The molecule has 1 unspecified atom stereocenters. The number of ether oxygens (including phenoxy) is 1. The van der Waals surface area contributed by atoms with Gasteiger partial charge in [-0.15, -0.1) is 0 Å². The maximum Gasteiger partial charge on any atom is 0.157 e. The van der Waals surface area contributed by atoms with Gasteiger partial charge in [0.1, 0.15) is 34.7 Å². The molecular formula is C16H15FN6O2. The zero-order valence-electron chi connectivity index (χ0n) is 13.8. The minimum atomic E-state index is -0.888. The highest BCUT2D eigenvalue weighted by Gasteiger charge is 2.20. The second-order valence-corrected chi connectivity index (χ2v) is 5.26. The van der Waals surface area contributed by atoms with Gasteiger partial charge in [-0.05, 0) is 13.0 Å². The molecule has 0 saturated carbocycles. The van der Waals surface area contributed by atoms with Crippen molar-refractivity contribution in [2.75, 3.05) is 19.5 Å². The smallest absolute Gasteiger partial charge is 0.157 e. The number of aromatic nitrogens is 4. The molecule has 0 amide bonds. The van der Waals surface area contributed by atoms with Gasteiger partial charge < -0.3 is 15.2 Å². The monoisotopic (exact) mass is 342 g/mol. The van der Waals surface area contributed by atoms with E-state index in [9.17, 15) is 9.50 Å². The Hall–Kier alpha value is -3.25. The molecular weight excluding hydrogens is 327 g/mol. The summed E-state index contributed by atoms with van der Waals surface area (Å²) in [6.45, 7) is 1.55. The number of rotatable bonds is 4. The number of nitrogens with zero attached hydrogens (tertiary/aromatic N) is 5. The molecule has 2 N–H and O–H groups in total. The molecule has 0 aliphatic heterocycles. The molecule has 0 aliphatic carbocycles. The number of methoxy groups -OCH3 is 1. The van der Waals surface area contributed by atoms with Crippen molar-refractivity contribution in [3.63, 3.8) is 0 Å². The predicted octanol–water partition coefficient (Wildman–Crippen LogP) is 1.91. The van der Waals surface area contributed by atoms with Crippen LogP contribution < -0.4 is 10.1 Å². The van der Waals surface area contributed by atoms with Gasteiger partial charge in [0.15, 0.2) is 11.5 Å². The Morgan fingerprint density at radius 1 is 1.44 bits per heavy atom. The third-order valence-electron chi connectivity index (χ3n) is 3.68. The largest absolute Gasteiger partial charge is 0.495 e. The number of pyridine rings is 1. The van der Waals surface area contributed by atoms with Gasteiger partial charge in [-0.2, -0.15) is 10.4 Å². The first-order chi connectivity index (χ1) is 12.0. The predicted molar refractivity (Wildman–Crippen MR) is 87.6 cm³/mol. The Morgan fingerprint density at radius 2 is 2.20 bits per heavy atom. The third-order valence-corrected chi connectivity index (χ3v) is 3.68. The number of anilines is 1. The molecule has 0 spiro atoms. The van der Waals surface area contributed by atoms with Crippen molar-refractivity contribution >= 4 is 11.5 Å². The van der Waals surface area contributed by atoms with Gasteiger partial charge in [0.2, 0.25) is 0 Å². The quantitative estimate of drug-likeness (QED) is 0.745. The molecule has 128 valence electrons.